The fourth-order valence-electron chi connectivity index (χ4n) is 0.902. The summed E-state index contributed by atoms with van der Waals surface area (Å²) in [6.07, 6.45) is 0. The summed E-state index contributed by atoms with van der Waals surface area (Å²) in [6.45, 7) is 2.67. The van der Waals surface area contributed by atoms with Gasteiger partial charge in [-0.1, -0.05) is 22.0 Å². The number of hydrogen-bond acceptors (Lipinski definition) is 1. The van der Waals surface area contributed by atoms with E-state index in [1.165, 1.54) is 14.7 Å². The van der Waals surface area contributed by atoms with Gasteiger partial charge in [0.25, 0.3) is 0 Å². The fourth-order valence-corrected chi connectivity index (χ4v) is 2.45. The number of hydrogen-bond donors (Lipinski definition) is 1. The molecule has 1 aromatic carbocycles. The van der Waals surface area contributed by atoms with Gasteiger partial charge in [-0.15, -0.1) is 0 Å². The van der Waals surface area contributed by atoms with E-state index in [2.05, 4.69) is 57.6 Å². The SMILES string of the molecule is Cc1ccc(I)c(CN)c1Br. The number of halogens is 2. The average Bonchev–Trinajstić information content (AvgIpc) is 1.99. The predicted octanol–water partition coefficient (Wildman–Crippen LogP) is 2.82. The highest BCUT2D eigenvalue weighted by Gasteiger charge is 2.04. The van der Waals surface area contributed by atoms with Crippen molar-refractivity contribution >= 4 is 38.5 Å². The second kappa shape index (κ2) is 3.87. The zero-order valence-corrected chi connectivity index (χ0v) is 9.94. The summed E-state index contributed by atoms with van der Waals surface area (Å²) in [5.41, 5.74) is 8.03. The van der Waals surface area contributed by atoms with Gasteiger partial charge in [0.05, 0.1) is 0 Å². The third kappa shape index (κ3) is 1.95. The van der Waals surface area contributed by atoms with E-state index in [4.69, 9.17) is 5.73 Å². The van der Waals surface area contributed by atoms with Crippen molar-refractivity contribution in [2.75, 3.05) is 0 Å². The lowest BCUT2D eigenvalue weighted by atomic mass is 10.1. The Morgan fingerprint density at radius 2 is 2.18 bits per heavy atom. The first-order chi connectivity index (χ1) is 5.16. The molecule has 0 aliphatic carbocycles. The van der Waals surface area contributed by atoms with Crippen LogP contribution < -0.4 is 5.73 Å². The molecule has 0 bridgehead atoms. The van der Waals surface area contributed by atoms with Crippen LogP contribution in [-0.4, -0.2) is 0 Å². The molecule has 0 saturated carbocycles. The molecule has 2 N–H and O–H groups in total. The van der Waals surface area contributed by atoms with E-state index in [0.717, 1.165) is 4.47 Å². The minimum Gasteiger partial charge on any atom is -0.326 e. The summed E-state index contributed by atoms with van der Waals surface area (Å²) in [5, 5.41) is 0. The van der Waals surface area contributed by atoms with E-state index < -0.39 is 0 Å². The number of benzene rings is 1. The molecular formula is C8H9BrIN. The summed E-state index contributed by atoms with van der Waals surface area (Å²) in [5.74, 6) is 0. The van der Waals surface area contributed by atoms with Crippen LogP contribution >= 0.6 is 38.5 Å². The van der Waals surface area contributed by atoms with Crippen LogP contribution in [-0.2, 0) is 6.54 Å². The Balaban J connectivity index is 3.29. The first-order valence-electron chi connectivity index (χ1n) is 3.30. The maximum Gasteiger partial charge on any atom is 0.0259 e. The van der Waals surface area contributed by atoms with E-state index >= 15 is 0 Å². The molecule has 0 heterocycles. The largest absolute Gasteiger partial charge is 0.326 e. The highest BCUT2D eigenvalue weighted by Crippen LogP contribution is 2.25. The number of rotatable bonds is 1. The van der Waals surface area contributed by atoms with Crippen molar-refractivity contribution in [1.29, 1.82) is 0 Å². The summed E-state index contributed by atoms with van der Waals surface area (Å²) < 4.78 is 2.37. The van der Waals surface area contributed by atoms with Gasteiger partial charge < -0.3 is 5.73 Å². The van der Waals surface area contributed by atoms with E-state index in [-0.39, 0.29) is 0 Å². The van der Waals surface area contributed by atoms with Gasteiger partial charge in [0, 0.05) is 14.6 Å². The minimum absolute atomic E-state index is 0.598. The topological polar surface area (TPSA) is 26.0 Å². The number of nitrogens with two attached hydrogens (primary N) is 1. The standard InChI is InChI=1S/C8H9BrIN/c1-5-2-3-7(10)6(4-11)8(5)9/h2-3H,4,11H2,1H3. The molecule has 0 aliphatic rings. The van der Waals surface area contributed by atoms with Gasteiger partial charge in [-0.25, -0.2) is 0 Å². The molecule has 0 saturated heterocycles. The Hall–Kier alpha value is 0.390. The van der Waals surface area contributed by atoms with Gasteiger partial charge in [-0.2, -0.15) is 0 Å². The molecule has 1 aromatic rings. The molecule has 0 amide bonds. The van der Waals surface area contributed by atoms with Crippen molar-refractivity contribution in [3.8, 4) is 0 Å². The molecule has 1 rings (SSSR count). The molecule has 0 unspecified atom stereocenters. The third-order valence-corrected chi connectivity index (χ3v) is 3.70. The Morgan fingerprint density at radius 3 is 2.64 bits per heavy atom. The maximum absolute atomic E-state index is 5.59. The zero-order chi connectivity index (χ0) is 8.43. The van der Waals surface area contributed by atoms with Gasteiger partial charge in [-0.3, -0.25) is 0 Å². The highest BCUT2D eigenvalue weighted by molar-refractivity contribution is 14.1. The van der Waals surface area contributed by atoms with E-state index in [0.29, 0.717) is 6.54 Å². The molecule has 0 atom stereocenters. The van der Waals surface area contributed by atoms with Crippen LogP contribution in [0.5, 0.6) is 0 Å². The Labute approximate surface area is 88.6 Å². The molecule has 0 spiro atoms. The predicted molar refractivity (Wildman–Crippen MR) is 59.5 cm³/mol. The van der Waals surface area contributed by atoms with Gasteiger partial charge in [0.15, 0.2) is 0 Å². The molecule has 3 heteroatoms. The van der Waals surface area contributed by atoms with Crippen molar-refractivity contribution in [3.05, 3.63) is 31.3 Å². The van der Waals surface area contributed by atoms with Gasteiger partial charge in [-0.05, 0) is 46.7 Å². The number of aryl methyl sites for hydroxylation is 1. The van der Waals surface area contributed by atoms with Crippen molar-refractivity contribution in [2.45, 2.75) is 13.5 Å². The Kier molecular flexibility index (Phi) is 3.33. The third-order valence-electron chi connectivity index (χ3n) is 1.58. The normalized spacial score (nSPS) is 10.2. The molecule has 60 valence electrons. The second-order valence-electron chi connectivity index (χ2n) is 2.36. The molecule has 11 heavy (non-hydrogen) atoms. The van der Waals surface area contributed by atoms with Crippen LogP contribution in [0.15, 0.2) is 16.6 Å². The molecule has 0 fully saturated rings. The smallest absolute Gasteiger partial charge is 0.0259 e. The van der Waals surface area contributed by atoms with Crippen molar-refractivity contribution in [3.63, 3.8) is 0 Å². The van der Waals surface area contributed by atoms with Crippen molar-refractivity contribution in [1.82, 2.24) is 0 Å². The maximum atomic E-state index is 5.59. The lowest BCUT2D eigenvalue weighted by molar-refractivity contribution is 1.04. The molecule has 0 aromatic heterocycles. The van der Waals surface area contributed by atoms with E-state index in [1.54, 1.807) is 0 Å². The summed E-state index contributed by atoms with van der Waals surface area (Å²) in [6, 6.07) is 4.17. The van der Waals surface area contributed by atoms with E-state index in [1.807, 2.05) is 0 Å². The Bertz CT molecular complexity index is 273. The van der Waals surface area contributed by atoms with Gasteiger partial charge in [0.1, 0.15) is 0 Å². The van der Waals surface area contributed by atoms with Crippen molar-refractivity contribution in [2.24, 2.45) is 5.73 Å². The molecule has 0 aliphatic heterocycles. The van der Waals surface area contributed by atoms with Gasteiger partial charge >= 0.3 is 0 Å². The van der Waals surface area contributed by atoms with Crippen LogP contribution in [0, 0.1) is 10.5 Å². The van der Waals surface area contributed by atoms with Crippen LogP contribution in [0.3, 0.4) is 0 Å². The first-order valence-corrected chi connectivity index (χ1v) is 5.17. The van der Waals surface area contributed by atoms with Crippen LogP contribution in [0.4, 0.5) is 0 Å². The van der Waals surface area contributed by atoms with E-state index in [9.17, 15) is 0 Å². The van der Waals surface area contributed by atoms with Crippen LogP contribution in [0.25, 0.3) is 0 Å². The summed E-state index contributed by atoms with van der Waals surface area (Å²) in [7, 11) is 0. The average molecular weight is 326 g/mol. The fraction of sp³-hybridized carbons (Fsp3) is 0.250. The van der Waals surface area contributed by atoms with Crippen LogP contribution in [0.1, 0.15) is 11.1 Å². The lowest BCUT2D eigenvalue weighted by Gasteiger charge is -2.06. The van der Waals surface area contributed by atoms with Crippen LogP contribution in [0.2, 0.25) is 0 Å². The lowest BCUT2D eigenvalue weighted by Crippen LogP contribution is -2.01. The molecule has 1 nitrogen and oxygen atoms in total. The Morgan fingerprint density at radius 1 is 1.55 bits per heavy atom. The first kappa shape index (κ1) is 9.48. The summed E-state index contributed by atoms with van der Waals surface area (Å²) >= 11 is 5.80. The minimum atomic E-state index is 0.598. The highest BCUT2D eigenvalue weighted by atomic mass is 127. The monoisotopic (exact) mass is 325 g/mol. The zero-order valence-electron chi connectivity index (χ0n) is 6.20. The molecular weight excluding hydrogens is 317 g/mol. The molecule has 0 radical (unpaired) electrons. The second-order valence-corrected chi connectivity index (χ2v) is 4.32. The van der Waals surface area contributed by atoms with Crippen molar-refractivity contribution < 1.29 is 0 Å². The van der Waals surface area contributed by atoms with Gasteiger partial charge in [0.2, 0.25) is 0 Å². The quantitative estimate of drug-likeness (QED) is 0.789. The summed E-state index contributed by atoms with van der Waals surface area (Å²) in [4.78, 5) is 0.